The topological polar surface area (TPSA) is 74.7 Å². The van der Waals surface area contributed by atoms with Crippen LogP contribution in [-0.4, -0.2) is 36.4 Å². The fourth-order valence-corrected chi connectivity index (χ4v) is 4.41. The van der Waals surface area contributed by atoms with Crippen molar-refractivity contribution >= 4 is 31.9 Å². The molecule has 1 N–H and O–H groups in total. The van der Waals surface area contributed by atoms with Gasteiger partial charge in [-0.05, 0) is 31.0 Å². The number of rotatable bonds is 4. The summed E-state index contributed by atoms with van der Waals surface area (Å²) in [4.78, 5) is 10.4. The molecule has 0 spiro atoms. The third-order valence-corrected chi connectivity index (χ3v) is 5.69. The molecule has 2 rings (SSSR count). The van der Waals surface area contributed by atoms with Crippen molar-refractivity contribution in [2.45, 2.75) is 30.2 Å². The van der Waals surface area contributed by atoms with Gasteiger partial charge in [0.25, 0.3) is 0 Å². The van der Waals surface area contributed by atoms with Crippen molar-refractivity contribution < 1.29 is 22.7 Å². The normalized spacial score (nSPS) is 20.2. The van der Waals surface area contributed by atoms with E-state index in [-0.39, 0.29) is 13.0 Å². The molecule has 110 valence electrons. The first-order chi connectivity index (χ1) is 9.32. The van der Waals surface area contributed by atoms with Gasteiger partial charge in [0, 0.05) is 17.1 Å². The number of carboxylic acids is 1. The fraction of sp³-hybridized carbons (Fsp3) is 0.417. The summed E-state index contributed by atoms with van der Waals surface area (Å²) in [6, 6.07) is 3.10. The molecular formula is C12H13BrFNO4S. The highest BCUT2D eigenvalue weighted by molar-refractivity contribution is 9.10. The van der Waals surface area contributed by atoms with Gasteiger partial charge in [-0.1, -0.05) is 15.9 Å². The molecular weight excluding hydrogens is 353 g/mol. The van der Waals surface area contributed by atoms with E-state index >= 15 is 0 Å². The predicted molar refractivity (Wildman–Crippen MR) is 73.3 cm³/mol. The molecule has 1 saturated heterocycles. The van der Waals surface area contributed by atoms with Gasteiger partial charge in [-0.25, -0.2) is 12.8 Å². The summed E-state index contributed by atoms with van der Waals surface area (Å²) >= 11 is 3.06. The Bertz CT molecular complexity index is 634. The highest BCUT2D eigenvalue weighted by atomic mass is 79.9. The zero-order chi connectivity index (χ0) is 14.9. The number of aliphatic carboxylic acids is 1. The Balaban J connectivity index is 2.36. The lowest BCUT2D eigenvalue weighted by molar-refractivity contribution is -0.137. The van der Waals surface area contributed by atoms with E-state index in [1.54, 1.807) is 0 Å². The van der Waals surface area contributed by atoms with Gasteiger partial charge >= 0.3 is 5.97 Å². The quantitative estimate of drug-likeness (QED) is 0.887. The van der Waals surface area contributed by atoms with Crippen LogP contribution < -0.4 is 0 Å². The van der Waals surface area contributed by atoms with Gasteiger partial charge in [0.05, 0.1) is 6.42 Å². The minimum atomic E-state index is -4.01. The van der Waals surface area contributed by atoms with E-state index in [1.165, 1.54) is 12.1 Å². The Labute approximate surface area is 124 Å². The molecule has 1 aromatic carbocycles. The Kier molecular flexibility index (Phi) is 4.46. The molecule has 1 aliphatic heterocycles. The van der Waals surface area contributed by atoms with E-state index in [0.717, 1.165) is 10.4 Å². The first kappa shape index (κ1) is 15.4. The summed E-state index contributed by atoms with van der Waals surface area (Å²) in [5.41, 5.74) is 0. The van der Waals surface area contributed by atoms with Gasteiger partial charge < -0.3 is 5.11 Å². The lowest BCUT2D eigenvalue weighted by Crippen LogP contribution is -2.37. The number of sulfonamides is 1. The molecule has 1 fully saturated rings. The van der Waals surface area contributed by atoms with Crippen molar-refractivity contribution in [2.24, 2.45) is 0 Å². The van der Waals surface area contributed by atoms with Crippen LogP contribution in [0.15, 0.2) is 27.6 Å². The number of carboxylic acid groups (broad SMARTS) is 1. The standard InChI is InChI=1S/C12H13BrFNO4S/c13-8-3-4-11(10(14)6-8)20(18,19)15-5-1-2-9(15)7-12(16)17/h3-4,6,9H,1-2,5,7H2,(H,16,17). The maximum atomic E-state index is 13.8. The van der Waals surface area contributed by atoms with Crippen LogP contribution in [0.2, 0.25) is 0 Å². The SMILES string of the molecule is O=C(O)CC1CCCN1S(=O)(=O)c1ccc(Br)cc1F. The van der Waals surface area contributed by atoms with Gasteiger partial charge in [-0.15, -0.1) is 0 Å². The van der Waals surface area contributed by atoms with Crippen molar-refractivity contribution in [3.63, 3.8) is 0 Å². The van der Waals surface area contributed by atoms with Crippen molar-refractivity contribution in [1.29, 1.82) is 0 Å². The van der Waals surface area contributed by atoms with Crippen molar-refractivity contribution in [3.05, 3.63) is 28.5 Å². The third-order valence-electron chi connectivity index (χ3n) is 3.21. The Morgan fingerprint density at radius 2 is 2.20 bits per heavy atom. The number of benzene rings is 1. The summed E-state index contributed by atoms with van der Waals surface area (Å²) in [7, 11) is -4.01. The summed E-state index contributed by atoms with van der Waals surface area (Å²) in [6.45, 7) is 0.218. The number of nitrogens with zero attached hydrogens (tertiary/aromatic N) is 1. The number of hydrogen-bond donors (Lipinski definition) is 1. The van der Waals surface area contributed by atoms with E-state index in [2.05, 4.69) is 15.9 Å². The second-order valence-electron chi connectivity index (χ2n) is 4.58. The van der Waals surface area contributed by atoms with Crippen molar-refractivity contribution in [2.75, 3.05) is 6.54 Å². The largest absolute Gasteiger partial charge is 0.481 e. The molecule has 0 aliphatic carbocycles. The van der Waals surface area contributed by atoms with E-state index in [4.69, 9.17) is 5.11 Å². The van der Waals surface area contributed by atoms with Crippen LogP contribution in [-0.2, 0) is 14.8 Å². The molecule has 0 amide bonds. The van der Waals surface area contributed by atoms with Gasteiger partial charge in [-0.2, -0.15) is 4.31 Å². The van der Waals surface area contributed by atoms with Crippen LogP contribution >= 0.6 is 15.9 Å². The van der Waals surface area contributed by atoms with Gasteiger partial charge in [0.1, 0.15) is 10.7 Å². The van der Waals surface area contributed by atoms with E-state index < -0.39 is 32.7 Å². The Morgan fingerprint density at radius 1 is 1.50 bits per heavy atom. The zero-order valence-electron chi connectivity index (χ0n) is 10.4. The van der Waals surface area contributed by atoms with E-state index in [9.17, 15) is 17.6 Å². The minimum absolute atomic E-state index is 0.218. The van der Waals surface area contributed by atoms with E-state index in [1.807, 2.05) is 0 Å². The van der Waals surface area contributed by atoms with Crippen LogP contribution in [0.1, 0.15) is 19.3 Å². The number of carbonyl (C=O) groups is 1. The Hall–Kier alpha value is -0.990. The molecule has 1 unspecified atom stereocenters. The smallest absolute Gasteiger partial charge is 0.304 e. The number of hydrogen-bond acceptors (Lipinski definition) is 3. The first-order valence-corrected chi connectivity index (χ1v) is 8.24. The van der Waals surface area contributed by atoms with Crippen LogP contribution in [0.4, 0.5) is 4.39 Å². The maximum Gasteiger partial charge on any atom is 0.304 e. The summed E-state index contributed by atoms with van der Waals surface area (Å²) in [5.74, 6) is -1.91. The molecule has 1 aromatic rings. The lowest BCUT2D eigenvalue weighted by Gasteiger charge is -2.23. The predicted octanol–water partition coefficient (Wildman–Crippen LogP) is 2.22. The third kappa shape index (κ3) is 3.02. The lowest BCUT2D eigenvalue weighted by atomic mass is 10.2. The first-order valence-electron chi connectivity index (χ1n) is 6.01. The van der Waals surface area contributed by atoms with Crippen LogP contribution in [0.5, 0.6) is 0 Å². The molecule has 5 nitrogen and oxygen atoms in total. The zero-order valence-corrected chi connectivity index (χ0v) is 12.8. The molecule has 0 bridgehead atoms. The molecule has 1 atom stereocenters. The Morgan fingerprint density at radius 3 is 2.80 bits per heavy atom. The highest BCUT2D eigenvalue weighted by Gasteiger charge is 2.37. The van der Waals surface area contributed by atoms with E-state index in [0.29, 0.717) is 17.3 Å². The molecule has 1 heterocycles. The van der Waals surface area contributed by atoms with Gasteiger partial charge in [-0.3, -0.25) is 4.79 Å². The molecule has 0 aromatic heterocycles. The number of halogens is 2. The monoisotopic (exact) mass is 365 g/mol. The summed E-state index contributed by atoms with van der Waals surface area (Å²) in [5, 5.41) is 8.82. The maximum absolute atomic E-state index is 13.8. The molecule has 0 saturated carbocycles. The summed E-state index contributed by atoms with van der Waals surface area (Å²) < 4.78 is 40.2. The fourth-order valence-electron chi connectivity index (χ4n) is 2.34. The average molecular weight is 366 g/mol. The second kappa shape index (κ2) is 5.79. The van der Waals surface area contributed by atoms with Gasteiger partial charge in [0.15, 0.2) is 0 Å². The van der Waals surface area contributed by atoms with Crippen molar-refractivity contribution in [3.8, 4) is 0 Å². The summed E-state index contributed by atoms with van der Waals surface area (Å²) in [6.07, 6.45) is 0.788. The minimum Gasteiger partial charge on any atom is -0.481 e. The molecule has 20 heavy (non-hydrogen) atoms. The molecule has 0 radical (unpaired) electrons. The van der Waals surface area contributed by atoms with Crippen LogP contribution in [0.3, 0.4) is 0 Å². The van der Waals surface area contributed by atoms with Crippen molar-refractivity contribution in [1.82, 2.24) is 4.31 Å². The highest BCUT2D eigenvalue weighted by Crippen LogP contribution is 2.30. The van der Waals surface area contributed by atoms with Gasteiger partial charge in [0.2, 0.25) is 10.0 Å². The average Bonchev–Trinajstić information content (AvgIpc) is 2.76. The van der Waals surface area contributed by atoms with Crippen LogP contribution in [0, 0.1) is 5.82 Å². The molecule has 8 heteroatoms. The molecule has 1 aliphatic rings. The van der Waals surface area contributed by atoms with Crippen LogP contribution in [0.25, 0.3) is 0 Å². The second-order valence-corrected chi connectivity index (χ2v) is 7.36.